The topological polar surface area (TPSA) is 217 Å². The zero-order valence-electron chi connectivity index (χ0n) is 31.4. The molecule has 9 N–H and O–H groups in total. The second-order valence-electron chi connectivity index (χ2n) is 14.5. The van der Waals surface area contributed by atoms with Crippen LogP contribution in [-0.2, 0) is 20.9 Å². The first kappa shape index (κ1) is 38.3. The lowest BCUT2D eigenvalue weighted by molar-refractivity contribution is -0.107. The van der Waals surface area contributed by atoms with E-state index in [-0.39, 0.29) is 36.9 Å². The molecule has 1 aromatic carbocycles. The number of carbonyl (C=O) groups is 3. The van der Waals surface area contributed by atoms with Crippen molar-refractivity contribution >= 4 is 30.1 Å². The highest BCUT2D eigenvalue weighted by Crippen LogP contribution is 2.50. The molecule has 0 bridgehead atoms. The summed E-state index contributed by atoms with van der Waals surface area (Å²) in [5, 5.41) is 8.75. The van der Waals surface area contributed by atoms with Crippen molar-refractivity contribution in [2.24, 2.45) is 34.8 Å². The van der Waals surface area contributed by atoms with E-state index in [1.165, 1.54) is 22.5 Å². The van der Waals surface area contributed by atoms with Crippen LogP contribution in [0.4, 0.5) is 11.4 Å². The summed E-state index contributed by atoms with van der Waals surface area (Å²) in [6.07, 6.45) is 10.3. The number of pyridine rings is 1. The molecule has 0 radical (unpaired) electrons. The maximum Gasteiger partial charge on any atom is 0.272 e. The Labute approximate surface area is 316 Å². The number of rotatable bonds is 11. The summed E-state index contributed by atoms with van der Waals surface area (Å²) >= 11 is 0. The van der Waals surface area contributed by atoms with Crippen molar-refractivity contribution < 1.29 is 19.1 Å². The Morgan fingerprint density at radius 2 is 1.63 bits per heavy atom. The first-order chi connectivity index (χ1) is 26.1. The highest BCUT2D eigenvalue weighted by Gasteiger charge is 2.39. The maximum absolute atomic E-state index is 12.9. The average molecular weight is 740 g/mol. The van der Waals surface area contributed by atoms with Gasteiger partial charge in [0.25, 0.3) is 5.91 Å². The zero-order valence-corrected chi connectivity index (χ0v) is 31.4. The number of carbonyl (C=O) groups excluding carboxylic acids is 3. The van der Waals surface area contributed by atoms with Gasteiger partial charge in [-0.2, -0.15) is 5.10 Å². The summed E-state index contributed by atoms with van der Waals surface area (Å²) in [7, 11) is 3.88. The predicted molar refractivity (Wildman–Crippen MR) is 207 cm³/mol. The Morgan fingerprint density at radius 3 is 2.26 bits per heavy atom. The molecule has 15 nitrogen and oxygen atoms in total. The highest BCUT2D eigenvalue weighted by molar-refractivity contribution is 5.93. The summed E-state index contributed by atoms with van der Waals surface area (Å²) < 4.78 is 7.59. The Morgan fingerprint density at radius 1 is 0.963 bits per heavy atom. The molecule has 15 heteroatoms. The minimum atomic E-state index is -0.0272. The summed E-state index contributed by atoms with van der Waals surface area (Å²) in [5.41, 5.74) is 31.6. The molecule has 0 spiro atoms. The average Bonchev–Trinajstić information content (AvgIpc) is 4.07. The van der Waals surface area contributed by atoms with Crippen molar-refractivity contribution in [1.82, 2.24) is 24.6 Å². The number of allylic oxidation sites excluding steroid dienone is 3. The number of nitrogens with one attached hydrogen (secondary N) is 1. The van der Waals surface area contributed by atoms with Gasteiger partial charge in [0.2, 0.25) is 12.8 Å². The third-order valence-corrected chi connectivity index (χ3v) is 10.8. The number of ether oxygens (including phenoxy) is 1. The smallest absolute Gasteiger partial charge is 0.272 e. The van der Waals surface area contributed by atoms with Crippen molar-refractivity contribution in [1.29, 1.82) is 0 Å². The first-order valence-electron chi connectivity index (χ1n) is 18.6. The van der Waals surface area contributed by atoms with Gasteiger partial charge >= 0.3 is 0 Å². The van der Waals surface area contributed by atoms with Crippen LogP contribution in [0.25, 0.3) is 11.1 Å². The third-order valence-electron chi connectivity index (χ3n) is 10.8. The van der Waals surface area contributed by atoms with E-state index in [9.17, 15) is 4.79 Å². The van der Waals surface area contributed by atoms with Gasteiger partial charge in [-0.15, -0.1) is 0 Å². The van der Waals surface area contributed by atoms with Gasteiger partial charge in [-0.25, -0.2) is 4.98 Å². The number of methoxy groups -OCH3 is 1. The minimum Gasteiger partial charge on any atom is -0.402 e. The number of para-hydroxylation sites is 1. The van der Waals surface area contributed by atoms with E-state index in [0.29, 0.717) is 37.2 Å². The van der Waals surface area contributed by atoms with Crippen LogP contribution >= 0.6 is 0 Å². The quantitative estimate of drug-likeness (QED) is 0.142. The molecule has 2 aliphatic carbocycles. The molecule has 54 heavy (non-hydrogen) atoms. The number of hydrogen-bond acceptors (Lipinski definition) is 11. The van der Waals surface area contributed by atoms with Crippen molar-refractivity contribution in [2.45, 2.75) is 63.8 Å². The fourth-order valence-corrected chi connectivity index (χ4v) is 7.56. The lowest BCUT2D eigenvalue weighted by atomic mass is 9.91. The summed E-state index contributed by atoms with van der Waals surface area (Å²) in [6.45, 7) is 5.97. The van der Waals surface area contributed by atoms with Gasteiger partial charge in [0, 0.05) is 75.3 Å². The van der Waals surface area contributed by atoms with Crippen molar-refractivity contribution in [3.8, 4) is 11.1 Å². The number of anilines is 2. The lowest BCUT2D eigenvalue weighted by Crippen LogP contribution is -2.54. The fraction of sp³-hybridized carbons (Fsp3) is 0.462. The van der Waals surface area contributed by atoms with E-state index >= 15 is 0 Å². The van der Waals surface area contributed by atoms with Gasteiger partial charge in [-0.1, -0.05) is 25.1 Å². The lowest BCUT2D eigenvalue weighted by Gasteiger charge is -2.43. The van der Waals surface area contributed by atoms with Gasteiger partial charge in [-0.05, 0) is 62.3 Å². The Bertz CT molecular complexity index is 1880. The summed E-state index contributed by atoms with van der Waals surface area (Å²) in [6, 6.07) is 12.7. The molecule has 2 saturated heterocycles. The van der Waals surface area contributed by atoms with Crippen LogP contribution in [0.3, 0.4) is 0 Å². The standard InChI is InChI=1S/C37H47N9O2.2CH3NO/c1-4-33-36-28(27-8-6-9-30(35(27)43(33)2)42-32(34(39)23-13-14-23)15-29(38)22-11-12-22)16-40-46(36)25-18-44(19-25)17-24-7-5-10-31(41-24)37(47)45-20-26(21-45)48-3;2*2-1-3/h5-10,15-16,22-23,25-26,33,42H,4,11-14,17-21,38-39H2,1-3H3;2*1H,(H2,2,3)/b29-15-,34-32+;;. The number of aromatic nitrogens is 3. The van der Waals surface area contributed by atoms with Gasteiger partial charge in [-0.3, -0.25) is 24.0 Å². The predicted octanol–water partition coefficient (Wildman–Crippen LogP) is 2.82. The number of nitrogens with two attached hydrogens (primary N) is 4. The van der Waals surface area contributed by atoms with E-state index < -0.39 is 0 Å². The summed E-state index contributed by atoms with van der Waals surface area (Å²) in [4.78, 5) is 41.4. The number of primary amides is 2. The Balaban J connectivity index is 0.000000779. The number of fused-ring (bicyclic) bond motifs is 3. The normalized spacial score (nSPS) is 20.1. The van der Waals surface area contributed by atoms with Crippen LogP contribution in [0.2, 0.25) is 0 Å². The van der Waals surface area contributed by atoms with Crippen LogP contribution in [0.1, 0.15) is 73.0 Å². The van der Waals surface area contributed by atoms with Crippen molar-refractivity contribution in [3.63, 3.8) is 0 Å². The number of nitrogens with zero attached hydrogens (tertiary/aromatic N) is 6. The van der Waals surface area contributed by atoms with Crippen LogP contribution in [-0.4, -0.2) is 89.7 Å². The third kappa shape index (κ3) is 8.06. The molecule has 5 heterocycles. The number of amides is 3. The Kier molecular flexibility index (Phi) is 11.9. The van der Waals surface area contributed by atoms with E-state index in [4.69, 9.17) is 35.9 Å². The second-order valence-corrected chi connectivity index (χ2v) is 14.5. The SMILES string of the molecule is CCC1c2c(cnn2C2CN(Cc3cccc(C(=O)N4CC(OC)C4)n3)C2)-c2cccc(NC(/C=C(\N)C3CC3)=C(/N)C3CC3)c2N1C.NC=O.NC=O. The molecule has 5 aliphatic rings. The highest BCUT2D eigenvalue weighted by atomic mass is 16.5. The molecule has 2 aromatic heterocycles. The first-order valence-corrected chi connectivity index (χ1v) is 18.6. The molecule has 3 aliphatic heterocycles. The molecule has 8 rings (SSSR count). The van der Waals surface area contributed by atoms with Gasteiger partial charge in [0.15, 0.2) is 0 Å². The molecule has 1 unspecified atom stereocenters. The molecular weight excluding hydrogens is 687 g/mol. The summed E-state index contributed by atoms with van der Waals surface area (Å²) in [5.74, 6) is 0.882. The van der Waals surface area contributed by atoms with Crippen LogP contribution in [0.15, 0.2) is 65.8 Å². The van der Waals surface area contributed by atoms with E-state index in [2.05, 4.69) is 75.7 Å². The van der Waals surface area contributed by atoms with Crippen molar-refractivity contribution in [3.05, 3.63) is 82.8 Å². The maximum atomic E-state index is 12.9. The fourth-order valence-electron chi connectivity index (χ4n) is 7.56. The largest absolute Gasteiger partial charge is 0.402 e. The van der Waals surface area contributed by atoms with Gasteiger partial charge in [0.1, 0.15) is 5.69 Å². The van der Waals surface area contributed by atoms with E-state index in [1.807, 2.05) is 12.1 Å². The molecule has 4 fully saturated rings. The molecule has 3 amide bonds. The molecule has 2 saturated carbocycles. The van der Waals surface area contributed by atoms with Crippen LogP contribution in [0.5, 0.6) is 0 Å². The number of hydrogen-bond donors (Lipinski definition) is 5. The van der Waals surface area contributed by atoms with E-state index in [1.54, 1.807) is 18.1 Å². The second kappa shape index (κ2) is 16.7. The zero-order chi connectivity index (χ0) is 38.5. The van der Waals surface area contributed by atoms with Crippen molar-refractivity contribution in [2.75, 3.05) is 50.6 Å². The molecule has 3 aromatic rings. The van der Waals surface area contributed by atoms with Gasteiger partial charge in [0.05, 0.1) is 52.8 Å². The van der Waals surface area contributed by atoms with E-state index in [0.717, 1.165) is 73.7 Å². The molecule has 288 valence electrons. The molecular formula is C39H53N11O4. The van der Waals surface area contributed by atoms with Gasteiger partial charge < -0.3 is 42.8 Å². The monoisotopic (exact) mass is 739 g/mol. The Hall–Kier alpha value is -5.41. The minimum absolute atomic E-state index is 0.0272. The van der Waals surface area contributed by atoms with Crippen LogP contribution in [0, 0.1) is 11.8 Å². The number of likely N-dealkylation sites (tertiary alicyclic amines) is 2. The molecule has 1 atom stereocenters. The van der Waals surface area contributed by atoms with Crippen LogP contribution < -0.4 is 33.2 Å². The number of benzene rings is 1.